The van der Waals surface area contributed by atoms with E-state index in [1.807, 2.05) is 23.1 Å². The summed E-state index contributed by atoms with van der Waals surface area (Å²) in [6.45, 7) is 0.631. The Bertz CT molecular complexity index is 704. The number of nitrogens with zero attached hydrogens (tertiary/aromatic N) is 1. The Hall–Kier alpha value is -1.60. The topological polar surface area (TPSA) is 71.4 Å². The van der Waals surface area contributed by atoms with Crippen LogP contribution in [0.3, 0.4) is 0 Å². The molecule has 4 aliphatic rings. The molecule has 3 heterocycles. The molecule has 6 heteroatoms. The van der Waals surface area contributed by atoms with Gasteiger partial charge in [-0.3, -0.25) is 4.90 Å². The van der Waals surface area contributed by atoms with Crippen LogP contribution in [0.4, 0.5) is 0 Å². The van der Waals surface area contributed by atoms with E-state index >= 15 is 0 Å². The molecule has 6 atom stereocenters. The molecule has 0 saturated carbocycles. The monoisotopic (exact) mass is 317 g/mol. The molecule has 1 aromatic carbocycles. The largest absolute Gasteiger partial charge is 0.454 e. The summed E-state index contributed by atoms with van der Waals surface area (Å²) in [5.74, 6) is 1.33. The summed E-state index contributed by atoms with van der Waals surface area (Å²) in [5, 5.41) is 21.7. The molecular weight excluding hydrogens is 298 g/mol. The second-order valence-electron chi connectivity index (χ2n) is 6.70. The van der Waals surface area contributed by atoms with Crippen LogP contribution in [-0.4, -0.2) is 53.8 Å². The lowest BCUT2D eigenvalue weighted by Gasteiger charge is -2.48. The van der Waals surface area contributed by atoms with Gasteiger partial charge in [0.05, 0.1) is 17.6 Å². The fourth-order valence-corrected chi connectivity index (χ4v) is 4.71. The summed E-state index contributed by atoms with van der Waals surface area (Å²) in [6, 6.07) is 3.79. The summed E-state index contributed by atoms with van der Waals surface area (Å²) in [6.07, 6.45) is 3.51. The van der Waals surface area contributed by atoms with E-state index in [0.717, 1.165) is 17.5 Å². The molecule has 0 radical (unpaired) electrons. The first-order valence-electron chi connectivity index (χ1n) is 7.93. The molecule has 5 rings (SSSR count). The predicted octanol–water partition coefficient (Wildman–Crippen LogP) is 0.678. The number of rotatable bonds is 1. The highest BCUT2D eigenvalue weighted by Crippen LogP contribution is 2.56. The van der Waals surface area contributed by atoms with Crippen molar-refractivity contribution >= 4 is 0 Å². The van der Waals surface area contributed by atoms with Crippen LogP contribution in [0.15, 0.2) is 24.3 Å². The lowest BCUT2D eigenvalue weighted by Crippen LogP contribution is -2.53. The molecule has 1 aliphatic carbocycles. The Morgan fingerprint density at radius 2 is 2.04 bits per heavy atom. The van der Waals surface area contributed by atoms with E-state index in [9.17, 15) is 10.2 Å². The Kier molecular flexibility index (Phi) is 2.69. The molecule has 1 unspecified atom stereocenters. The zero-order valence-electron chi connectivity index (χ0n) is 12.8. The second kappa shape index (κ2) is 4.48. The van der Waals surface area contributed by atoms with Crippen LogP contribution < -0.4 is 9.47 Å². The summed E-state index contributed by atoms with van der Waals surface area (Å²) < 4.78 is 16.4. The molecule has 0 spiro atoms. The van der Waals surface area contributed by atoms with E-state index in [1.54, 1.807) is 7.11 Å². The van der Waals surface area contributed by atoms with Gasteiger partial charge in [-0.15, -0.1) is 0 Å². The highest BCUT2D eigenvalue weighted by Gasteiger charge is 2.61. The third-order valence-electron chi connectivity index (χ3n) is 5.84. The first-order chi connectivity index (χ1) is 11.1. The van der Waals surface area contributed by atoms with Crippen molar-refractivity contribution in [1.29, 1.82) is 0 Å². The van der Waals surface area contributed by atoms with Crippen molar-refractivity contribution in [3.8, 4) is 11.5 Å². The summed E-state index contributed by atoms with van der Waals surface area (Å²) in [5.41, 5.74) is 1.21. The standard InChI is InChI=1S/C17H19NO5/c1-21-9-2-3-17-11-6-13-12(22-8-23-13)5-10(11)16(20)18(7-15(17)19)14(17)4-9/h2-3,5-6,9,14-16,19-20H,4,7-8H2,1H3/t9-,14-,15+,16-,17-/m0/s1. The summed E-state index contributed by atoms with van der Waals surface area (Å²) >= 11 is 0. The van der Waals surface area contributed by atoms with Gasteiger partial charge in [0.25, 0.3) is 0 Å². The minimum atomic E-state index is -0.751. The maximum absolute atomic E-state index is 10.8. The van der Waals surface area contributed by atoms with E-state index in [0.29, 0.717) is 18.0 Å². The third kappa shape index (κ3) is 1.57. The molecule has 6 nitrogen and oxygen atoms in total. The quantitative estimate of drug-likeness (QED) is 0.742. The van der Waals surface area contributed by atoms with E-state index in [2.05, 4.69) is 6.08 Å². The summed E-state index contributed by atoms with van der Waals surface area (Å²) in [7, 11) is 1.69. The van der Waals surface area contributed by atoms with E-state index < -0.39 is 17.7 Å². The Balaban J connectivity index is 1.75. The smallest absolute Gasteiger partial charge is 0.231 e. The Labute approximate surface area is 133 Å². The number of methoxy groups -OCH3 is 1. The van der Waals surface area contributed by atoms with Gasteiger partial charge < -0.3 is 24.4 Å². The van der Waals surface area contributed by atoms with Gasteiger partial charge in [-0.25, -0.2) is 0 Å². The van der Waals surface area contributed by atoms with Crippen LogP contribution in [0.25, 0.3) is 0 Å². The molecule has 122 valence electrons. The van der Waals surface area contributed by atoms with Gasteiger partial charge in [0.1, 0.15) is 6.23 Å². The normalized spacial score (nSPS) is 42.5. The van der Waals surface area contributed by atoms with Crippen molar-refractivity contribution in [3.63, 3.8) is 0 Å². The average molecular weight is 317 g/mol. The number of benzene rings is 1. The first-order valence-corrected chi connectivity index (χ1v) is 7.93. The molecule has 1 saturated heterocycles. The fourth-order valence-electron chi connectivity index (χ4n) is 4.71. The van der Waals surface area contributed by atoms with Crippen molar-refractivity contribution in [2.24, 2.45) is 0 Å². The molecule has 0 amide bonds. The van der Waals surface area contributed by atoms with Crippen LogP contribution in [0.1, 0.15) is 23.8 Å². The first kappa shape index (κ1) is 13.8. The van der Waals surface area contributed by atoms with Gasteiger partial charge in [0, 0.05) is 25.3 Å². The number of fused-ring (bicyclic) bond motifs is 2. The predicted molar refractivity (Wildman–Crippen MR) is 80.3 cm³/mol. The highest BCUT2D eigenvalue weighted by molar-refractivity contribution is 5.57. The van der Waals surface area contributed by atoms with E-state index in [-0.39, 0.29) is 18.9 Å². The molecule has 23 heavy (non-hydrogen) atoms. The maximum Gasteiger partial charge on any atom is 0.231 e. The van der Waals surface area contributed by atoms with Gasteiger partial charge in [-0.2, -0.15) is 0 Å². The zero-order valence-corrected chi connectivity index (χ0v) is 12.8. The van der Waals surface area contributed by atoms with Crippen LogP contribution in [0, 0.1) is 0 Å². The lowest BCUT2D eigenvalue weighted by molar-refractivity contribution is -0.0399. The van der Waals surface area contributed by atoms with E-state index in [4.69, 9.17) is 14.2 Å². The minimum absolute atomic E-state index is 0.00341. The summed E-state index contributed by atoms with van der Waals surface area (Å²) in [4.78, 5) is 1.98. The van der Waals surface area contributed by atoms with Crippen molar-refractivity contribution in [1.82, 2.24) is 4.90 Å². The molecule has 2 N–H and O–H groups in total. The van der Waals surface area contributed by atoms with Crippen LogP contribution in [0.5, 0.6) is 11.5 Å². The average Bonchev–Trinajstić information content (AvgIpc) is 3.12. The van der Waals surface area contributed by atoms with Crippen LogP contribution in [0.2, 0.25) is 0 Å². The third-order valence-corrected chi connectivity index (χ3v) is 5.84. The maximum atomic E-state index is 10.8. The number of aliphatic hydroxyl groups excluding tert-OH is 2. The Morgan fingerprint density at radius 1 is 1.26 bits per heavy atom. The molecule has 1 aromatic rings. The van der Waals surface area contributed by atoms with Gasteiger partial charge in [0.15, 0.2) is 11.5 Å². The van der Waals surface area contributed by atoms with Crippen molar-refractivity contribution in [3.05, 3.63) is 35.4 Å². The lowest BCUT2D eigenvalue weighted by atomic mass is 9.65. The van der Waals surface area contributed by atoms with Gasteiger partial charge in [-0.05, 0) is 24.1 Å². The molecule has 0 aromatic heterocycles. The number of ether oxygens (including phenoxy) is 3. The minimum Gasteiger partial charge on any atom is -0.454 e. The number of aliphatic hydroxyl groups is 2. The van der Waals surface area contributed by atoms with Crippen molar-refractivity contribution < 1.29 is 24.4 Å². The van der Waals surface area contributed by atoms with E-state index in [1.165, 1.54) is 0 Å². The number of hydrogen-bond donors (Lipinski definition) is 2. The van der Waals surface area contributed by atoms with Gasteiger partial charge in [0.2, 0.25) is 6.79 Å². The molecule has 2 bridgehead atoms. The molecule has 1 fully saturated rings. The second-order valence-corrected chi connectivity index (χ2v) is 6.70. The van der Waals surface area contributed by atoms with Gasteiger partial charge in [-0.1, -0.05) is 12.2 Å². The molecule has 3 aliphatic heterocycles. The van der Waals surface area contributed by atoms with Gasteiger partial charge >= 0.3 is 0 Å². The highest BCUT2D eigenvalue weighted by atomic mass is 16.7. The van der Waals surface area contributed by atoms with Crippen molar-refractivity contribution in [2.75, 3.05) is 20.4 Å². The van der Waals surface area contributed by atoms with Crippen LogP contribution in [-0.2, 0) is 10.2 Å². The Morgan fingerprint density at radius 3 is 2.83 bits per heavy atom. The molecular formula is C17H19NO5. The SMILES string of the molecule is CO[C@H]1C=C[C@@]23c4cc5c(cc4[C@H](O)N(C[C@H]2O)[C@H]3C1)OCO5. The van der Waals surface area contributed by atoms with Crippen LogP contribution >= 0.6 is 0 Å². The zero-order chi connectivity index (χ0) is 15.8. The van der Waals surface area contributed by atoms with Crippen molar-refractivity contribution in [2.45, 2.75) is 36.3 Å². The fraction of sp³-hybridized carbons (Fsp3) is 0.529. The number of hydrogen-bond acceptors (Lipinski definition) is 6.